The lowest BCUT2D eigenvalue weighted by molar-refractivity contribution is -0.123. The highest BCUT2D eigenvalue weighted by Crippen LogP contribution is 2.30. The summed E-state index contributed by atoms with van der Waals surface area (Å²) in [7, 11) is 1.51. The molecule has 0 spiro atoms. The summed E-state index contributed by atoms with van der Waals surface area (Å²) in [5.74, 6) is -0.451. The molecule has 1 fully saturated rings. The number of carboxylic acid groups (broad SMARTS) is 1. The van der Waals surface area contributed by atoms with Crippen molar-refractivity contribution in [3.8, 4) is 11.5 Å². The van der Waals surface area contributed by atoms with Crippen molar-refractivity contribution < 1.29 is 29.0 Å². The smallest absolute Gasteiger partial charge is 0.335 e. The van der Waals surface area contributed by atoms with Crippen molar-refractivity contribution in [1.29, 1.82) is 0 Å². The van der Waals surface area contributed by atoms with E-state index in [-0.39, 0.29) is 24.4 Å². The van der Waals surface area contributed by atoms with Crippen molar-refractivity contribution in [3.05, 3.63) is 100 Å². The lowest BCUT2D eigenvalue weighted by Gasteiger charge is -2.12. The van der Waals surface area contributed by atoms with Gasteiger partial charge in [-0.2, -0.15) is 0 Å². The van der Waals surface area contributed by atoms with Gasteiger partial charge in [-0.25, -0.2) is 9.59 Å². The summed E-state index contributed by atoms with van der Waals surface area (Å²) in [4.78, 5) is 37.4. The number of hydrogen-bond donors (Lipinski definition) is 2. The van der Waals surface area contributed by atoms with Crippen molar-refractivity contribution in [3.63, 3.8) is 0 Å². The Hall–Kier alpha value is -4.59. The molecule has 8 nitrogen and oxygen atoms in total. The molecule has 35 heavy (non-hydrogen) atoms. The van der Waals surface area contributed by atoms with Gasteiger partial charge >= 0.3 is 12.0 Å². The van der Waals surface area contributed by atoms with E-state index in [9.17, 15) is 14.4 Å². The first-order valence-electron chi connectivity index (χ1n) is 10.9. The van der Waals surface area contributed by atoms with Crippen LogP contribution < -0.4 is 14.8 Å². The van der Waals surface area contributed by atoms with Gasteiger partial charge in [0.2, 0.25) is 0 Å². The fraction of sp³-hybridized carbons (Fsp3) is 0.148. The molecule has 3 aromatic carbocycles. The van der Waals surface area contributed by atoms with E-state index >= 15 is 0 Å². The van der Waals surface area contributed by atoms with Crippen molar-refractivity contribution in [2.75, 3.05) is 7.11 Å². The SMILES string of the molecule is COc1cc(/C=C2/NC(=O)N(Cc3ccc(C)cc3)C2=O)ccc1OCc1ccc(C(=O)O)cc1. The number of nitrogens with one attached hydrogen (secondary N) is 1. The number of amides is 3. The number of carbonyl (C=O) groups excluding carboxylic acids is 2. The van der Waals surface area contributed by atoms with Gasteiger partial charge < -0.3 is 19.9 Å². The van der Waals surface area contributed by atoms with Crippen LogP contribution in [0.2, 0.25) is 0 Å². The zero-order chi connectivity index (χ0) is 24.9. The molecule has 3 amide bonds. The summed E-state index contributed by atoms with van der Waals surface area (Å²) >= 11 is 0. The van der Waals surface area contributed by atoms with Gasteiger partial charge in [0.25, 0.3) is 5.91 Å². The van der Waals surface area contributed by atoms with Crippen LogP contribution in [-0.4, -0.2) is 35.0 Å². The second kappa shape index (κ2) is 10.1. The molecule has 0 bridgehead atoms. The van der Waals surface area contributed by atoms with E-state index in [2.05, 4.69) is 5.32 Å². The third-order valence-corrected chi connectivity index (χ3v) is 5.52. The predicted molar refractivity (Wildman–Crippen MR) is 129 cm³/mol. The lowest BCUT2D eigenvalue weighted by atomic mass is 10.1. The van der Waals surface area contributed by atoms with Gasteiger partial charge in [-0.15, -0.1) is 0 Å². The molecule has 8 heteroatoms. The number of urea groups is 1. The number of nitrogens with zero attached hydrogens (tertiary/aromatic N) is 1. The van der Waals surface area contributed by atoms with Crippen LogP contribution in [0.4, 0.5) is 4.79 Å². The van der Waals surface area contributed by atoms with Gasteiger partial charge in [0.1, 0.15) is 12.3 Å². The largest absolute Gasteiger partial charge is 0.493 e. The van der Waals surface area contributed by atoms with Crippen molar-refractivity contribution in [2.45, 2.75) is 20.1 Å². The minimum atomic E-state index is -0.987. The topological polar surface area (TPSA) is 105 Å². The summed E-state index contributed by atoms with van der Waals surface area (Å²) in [6, 6.07) is 18.8. The Morgan fingerprint density at radius 2 is 1.66 bits per heavy atom. The summed E-state index contributed by atoms with van der Waals surface area (Å²) in [6.07, 6.45) is 1.59. The fourth-order valence-electron chi connectivity index (χ4n) is 3.56. The molecule has 1 aliphatic heterocycles. The van der Waals surface area contributed by atoms with Crippen LogP contribution in [0.3, 0.4) is 0 Å². The lowest BCUT2D eigenvalue weighted by Crippen LogP contribution is -2.30. The molecular formula is C27H24N2O6. The highest BCUT2D eigenvalue weighted by atomic mass is 16.5. The zero-order valence-electron chi connectivity index (χ0n) is 19.3. The second-order valence-electron chi connectivity index (χ2n) is 8.07. The monoisotopic (exact) mass is 472 g/mol. The van der Waals surface area contributed by atoms with Crippen LogP contribution in [0, 0.1) is 6.92 Å². The average Bonchev–Trinajstić information content (AvgIpc) is 3.11. The molecule has 1 saturated heterocycles. The number of aromatic carboxylic acids is 1. The quantitative estimate of drug-likeness (QED) is 0.373. The maximum Gasteiger partial charge on any atom is 0.335 e. The number of ether oxygens (including phenoxy) is 2. The number of hydrogen-bond acceptors (Lipinski definition) is 5. The Balaban J connectivity index is 1.45. The summed E-state index contributed by atoms with van der Waals surface area (Å²) < 4.78 is 11.3. The van der Waals surface area contributed by atoms with E-state index in [4.69, 9.17) is 14.6 Å². The molecule has 0 atom stereocenters. The number of aryl methyl sites for hydroxylation is 1. The average molecular weight is 472 g/mol. The number of carbonyl (C=O) groups is 3. The Morgan fingerprint density at radius 3 is 2.31 bits per heavy atom. The van der Waals surface area contributed by atoms with Gasteiger partial charge in [0.15, 0.2) is 11.5 Å². The number of imide groups is 1. The number of benzene rings is 3. The second-order valence-corrected chi connectivity index (χ2v) is 8.07. The minimum Gasteiger partial charge on any atom is -0.493 e. The van der Waals surface area contributed by atoms with E-state index in [1.807, 2.05) is 31.2 Å². The van der Waals surface area contributed by atoms with Crippen LogP contribution in [0.25, 0.3) is 6.08 Å². The Morgan fingerprint density at radius 1 is 0.971 bits per heavy atom. The fourth-order valence-corrected chi connectivity index (χ4v) is 3.56. The molecule has 1 heterocycles. The van der Waals surface area contributed by atoms with Crippen molar-refractivity contribution >= 4 is 24.0 Å². The minimum absolute atomic E-state index is 0.177. The van der Waals surface area contributed by atoms with Gasteiger partial charge in [-0.1, -0.05) is 48.0 Å². The molecule has 0 aromatic heterocycles. The van der Waals surface area contributed by atoms with E-state index in [1.54, 1.807) is 36.4 Å². The third-order valence-electron chi connectivity index (χ3n) is 5.52. The van der Waals surface area contributed by atoms with Crippen LogP contribution >= 0.6 is 0 Å². The molecule has 0 saturated carbocycles. The predicted octanol–water partition coefficient (Wildman–Crippen LogP) is 4.37. The van der Waals surface area contributed by atoms with Gasteiger partial charge in [-0.05, 0) is 54.0 Å². The van der Waals surface area contributed by atoms with E-state index in [0.29, 0.717) is 17.1 Å². The van der Waals surface area contributed by atoms with Gasteiger partial charge in [-0.3, -0.25) is 9.69 Å². The normalized spacial score (nSPS) is 14.2. The summed E-state index contributed by atoms with van der Waals surface area (Å²) in [6.45, 7) is 2.38. The van der Waals surface area contributed by atoms with Gasteiger partial charge in [0.05, 0.1) is 19.2 Å². The van der Waals surface area contributed by atoms with Crippen molar-refractivity contribution in [2.24, 2.45) is 0 Å². The Kier molecular flexibility index (Phi) is 6.82. The Labute approximate surface area is 202 Å². The first kappa shape index (κ1) is 23.6. The number of carboxylic acids is 1. The molecule has 178 valence electrons. The molecule has 0 radical (unpaired) electrons. The van der Waals surface area contributed by atoms with E-state index in [1.165, 1.54) is 24.1 Å². The zero-order valence-corrected chi connectivity index (χ0v) is 19.3. The highest BCUT2D eigenvalue weighted by molar-refractivity contribution is 6.13. The van der Waals surface area contributed by atoms with Crippen LogP contribution in [0.15, 0.2) is 72.4 Å². The Bertz CT molecular complexity index is 1300. The van der Waals surface area contributed by atoms with Crippen LogP contribution in [0.5, 0.6) is 11.5 Å². The maximum atomic E-state index is 12.8. The summed E-state index contributed by atoms with van der Waals surface area (Å²) in [5.41, 5.74) is 3.80. The van der Waals surface area contributed by atoms with Crippen LogP contribution in [0.1, 0.15) is 32.6 Å². The summed E-state index contributed by atoms with van der Waals surface area (Å²) in [5, 5.41) is 11.6. The van der Waals surface area contributed by atoms with Gasteiger partial charge in [0, 0.05) is 0 Å². The van der Waals surface area contributed by atoms with Crippen molar-refractivity contribution in [1.82, 2.24) is 10.2 Å². The molecule has 3 aromatic rings. The highest BCUT2D eigenvalue weighted by Gasteiger charge is 2.33. The molecule has 0 unspecified atom stereocenters. The molecule has 4 rings (SSSR count). The molecule has 0 aliphatic carbocycles. The maximum absolute atomic E-state index is 12.8. The molecule has 2 N–H and O–H groups in total. The third kappa shape index (κ3) is 5.50. The van der Waals surface area contributed by atoms with E-state index in [0.717, 1.165) is 16.7 Å². The first-order chi connectivity index (χ1) is 16.8. The number of methoxy groups -OCH3 is 1. The van der Waals surface area contributed by atoms with Crippen LogP contribution in [-0.2, 0) is 17.9 Å². The first-order valence-corrected chi connectivity index (χ1v) is 10.9. The number of rotatable bonds is 8. The van der Waals surface area contributed by atoms with E-state index < -0.39 is 17.9 Å². The molecular weight excluding hydrogens is 448 g/mol. The standard InChI is InChI=1S/C27H24N2O6/c1-17-3-5-18(6-4-17)15-29-25(30)22(28-27(29)33)13-20-9-12-23(24(14-20)34-2)35-16-19-7-10-21(11-8-19)26(31)32/h3-14H,15-16H2,1-2H3,(H,28,33)(H,31,32)/b22-13+. The molecule has 1 aliphatic rings.